The smallest absolute Gasteiger partial charge is 0.123 e. The molecule has 0 saturated carbocycles. The van der Waals surface area contributed by atoms with Crippen LogP contribution in [-0.2, 0) is 0 Å². The summed E-state index contributed by atoms with van der Waals surface area (Å²) in [4.78, 5) is 0. The van der Waals surface area contributed by atoms with Gasteiger partial charge in [-0.1, -0.05) is 29.8 Å². The number of aryl methyl sites for hydroxylation is 1. The van der Waals surface area contributed by atoms with E-state index in [1.807, 2.05) is 6.07 Å². The fraction of sp³-hybridized carbons (Fsp3) is 0.571. The van der Waals surface area contributed by atoms with Crippen LogP contribution in [0.5, 0.6) is 5.75 Å². The molecule has 96 valence electrons. The van der Waals surface area contributed by atoms with Crippen molar-refractivity contribution in [3.8, 4) is 5.75 Å². The molecule has 1 rings (SSSR count). The molecule has 2 N–H and O–H groups in total. The molecule has 0 saturated heterocycles. The predicted molar refractivity (Wildman–Crippen MR) is 76.4 cm³/mol. The fourth-order valence-electron chi connectivity index (χ4n) is 1.81. The Kier molecular flexibility index (Phi) is 5.47. The normalized spacial score (nSPS) is 12.9. The van der Waals surface area contributed by atoms with Gasteiger partial charge in [-0.3, -0.25) is 0 Å². The molecule has 3 heteroatoms. The molecule has 0 radical (unpaired) electrons. The molecule has 0 heterocycles. The molecule has 1 atom stereocenters. The first-order valence-electron chi connectivity index (χ1n) is 6.05. The van der Waals surface area contributed by atoms with Crippen molar-refractivity contribution >= 4 is 15.9 Å². The van der Waals surface area contributed by atoms with E-state index in [0.717, 1.165) is 28.6 Å². The molecule has 0 fully saturated rings. The molecule has 0 aromatic heterocycles. The van der Waals surface area contributed by atoms with Gasteiger partial charge in [0.2, 0.25) is 0 Å². The lowest BCUT2D eigenvalue weighted by molar-refractivity contribution is 0.400. The van der Waals surface area contributed by atoms with Gasteiger partial charge in [-0.15, -0.1) is 0 Å². The molecule has 17 heavy (non-hydrogen) atoms. The average Bonchev–Trinajstić information content (AvgIpc) is 2.28. The highest BCUT2D eigenvalue weighted by Gasteiger charge is 2.14. The second-order valence-corrected chi connectivity index (χ2v) is 5.78. The highest BCUT2D eigenvalue weighted by Crippen LogP contribution is 2.32. The number of hydrogen-bond acceptors (Lipinski definition) is 2. The minimum Gasteiger partial charge on any atom is -0.496 e. The minimum absolute atomic E-state index is 0.0456. The Labute approximate surface area is 113 Å². The summed E-state index contributed by atoms with van der Waals surface area (Å²) in [6.45, 7) is 6.49. The molecule has 1 aromatic rings. The van der Waals surface area contributed by atoms with E-state index in [4.69, 9.17) is 10.5 Å². The Hall–Kier alpha value is -0.540. The van der Waals surface area contributed by atoms with Crippen molar-refractivity contribution in [2.75, 3.05) is 7.11 Å². The molecule has 1 unspecified atom stereocenters. The van der Waals surface area contributed by atoms with Crippen LogP contribution in [0, 0.1) is 12.8 Å². The van der Waals surface area contributed by atoms with Crippen LogP contribution in [0.3, 0.4) is 0 Å². The van der Waals surface area contributed by atoms with Gasteiger partial charge in [0.25, 0.3) is 0 Å². The lowest BCUT2D eigenvalue weighted by Crippen LogP contribution is -2.12. The van der Waals surface area contributed by atoms with E-state index >= 15 is 0 Å². The van der Waals surface area contributed by atoms with Crippen LogP contribution < -0.4 is 10.5 Å². The lowest BCUT2D eigenvalue weighted by atomic mass is 9.97. The summed E-state index contributed by atoms with van der Waals surface area (Å²) in [5.41, 5.74) is 8.49. The van der Waals surface area contributed by atoms with Gasteiger partial charge < -0.3 is 10.5 Å². The zero-order valence-electron chi connectivity index (χ0n) is 11.1. The Morgan fingerprint density at radius 3 is 2.47 bits per heavy atom. The molecule has 0 aliphatic carbocycles. The van der Waals surface area contributed by atoms with E-state index in [0.29, 0.717) is 5.92 Å². The zero-order chi connectivity index (χ0) is 13.0. The van der Waals surface area contributed by atoms with Gasteiger partial charge in [-0.25, -0.2) is 0 Å². The van der Waals surface area contributed by atoms with Crippen molar-refractivity contribution in [2.45, 2.75) is 39.7 Å². The minimum atomic E-state index is 0.0456. The quantitative estimate of drug-likeness (QED) is 0.884. The van der Waals surface area contributed by atoms with Crippen molar-refractivity contribution in [1.29, 1.82) is 0 Å². The van der Waals surface area contributed by atoms with Gasteiger partial charge in [0, 0.05) is 16.1 Å². The van der Waals surface area contributed by atoms with Gasteiger partial charge in [0.05, 0.1) is 7.11 Å². The fourth-order valence-corrected chi connectivity index (χ4v) is 2.17. The number of nitrogens with two attached hydrogens (primary N) is 1. The lowest BCUT2D eigenvalue weighted by Gasteiger charge is -2.18. The summed E-state index contributed by atoms with van der Waals surface area (Å²) >= 11 is 3.55. The molecular formula is C14H22BrNO. The maximum Gasteiger partial charge on any atom is 0.123 e. The number of hydrogen-bond donors (Lipinski definition) is 1. The molecule has 0 amide bonds. The summed E-state index contributed by atoms with van der Waals surface area (Å²) in [7, 11) is 1.70. The van der Waals surface area contributed by atoms with Gasteiger partial charge in [0.15, 0.2) is 0 Å². The third-order valence-corrected chi connectivity index (χ3v) is 3.82. The van der Waals surface area contributed by atoms with E-state index in [1.165, 1.54) is 5.56 Å². The highest BCUT2D eigenvalue weighted by molar-refractivity contribution is 9.10. The maximum absolute atomic E-state index is 6.24. The zero-order valence-corrected chi connectivity index (χ0v) is 12.7. The summed E-state index contributed by atoms with van der Waals surface area (Å²) in [5.74, 6) is 1.57. The summed E-state index contributed by atoms with van der Waals surface area (Å²) in [6, 6.07) is 4.16. The van der Waals surface area contributed by atoms with E-state index in [9.17, 15) is 0 Å². The van der Waals surface area contributed by atoms with Crippen LogP contribution in [-0.4, -0.2) is 7.11 Å². The van der Waals surface area contributed by atoms with Crippen LogP contribution in [0.25, 0.3) is 0 Å². The largest absolute Gasteiger partial charge is 0.496 e. The molecule has 0 bridgehead atoms. The molecule has 0 aliphatic rings. The summed E-state index contributed by atoms with van der Waals surface area (Å²) in [5, 5.41) is 0. The van der Waals surface area contributed by atoms with Crippen molar-refractivity contribution < 1.29 is 4.74 Å². The molecule has 1 aromatic carbocycles. The third kappa shape index (κ3) is 4.00. The van der Waals surface area contributed by atoms with Crippen LogP contribution in [0.1, 0.15) is 43.9 Å². The van der Waals surface area contributed by atoms with Crippen LogP contribution in [0.4, 0.5) is 0 Å². The van der Waals surface area contributed by atoms with Crippen molar-refractivity contribution in [2.24, 2.45) is 11.7 Å². The van der Waals surface area contributed by atoms with Crippen LogP contribution in [0.15, 0.2) is 16.6 Å². The Morgan fingerprint density at radius 1 is 1.29 bits per heavy atom. The van der Waals surface area contributed by atoms with Crippen LogP contribution >= 0.6 is 15.9 Å². The van der Waals surface area contributed by atoms with Crippen molar-refractivity contribution in [1.82, 2.24) is 0 Å². The van der Waals surface area contributed by atoms with Gasteiger partial charge in [0.1, 0.15) is 5.75 Å². The topological polar surface area (TPSA) is 35.2 Å². The Morgan fingerprint density at radius 2 is 1.94 bits per heavy atom. The van der Waals surface area contributed by atoms with Crippen LogP contribution in [0.2, 0.25) is 0 Å². The highest BCUT2D eigenvalue weighted by atomic mass is 79.9. The third-order valence-electron chi connectivity index (χ3n) is 2.97. The Balaban J connectivity index is 2.91. The number of ether oxygens (including phenoxy) is 1. The maximum atomic E-state index is 6.24. The molecule has 0 spiro atoms. The van der Waals surface area contributed by atoms with Crippen molar-refractivity contribution in [3.05, 3.63) is 27.7 Å². The number of halogens is 1. The molecule has 0 aliphatic heterocycles. The second-order valence-electron chi connectivity index (χ2n) is 4.92. The predicted octanol–water partition coefficient (Wildman–Crippen LogP) is 4.20. The number of rotatable bonds is 5. The van der Waals surface area contributed by atoms with Gasteiger partial charge in [-0.05, 0) is 43.4 Å². The van der Waals surface area contributed by atoms with Gasteiger partial charge in [-0.2, -0.15) is 0 Å². The van der Waals surface area contributed by atoms with Gasteiger partial charge >= 0.3 is 0 Å². The number of benzene rings is 1. The molecular weight excluding hydrogens is 278 g/mol. The van der Waals surface area contributed by atoms with E-state index in [-0.39, 0.29) is 6.04 Å². The second kappa shape index (κ2) is 6.41. The SMILES string of the molecule is COc1cc(C)c(Br)cc1C(N)CCC(C)C. The Bertz CT molecular complexity index is 377. The van der Waals surface area contributed by atoms with E-state index in [2.05, 4.69) is 42.8 Å². The number of methoxy groups -OCH3 is 1. The summed E-state index contributed by atoms with van der Waals surface area (Å²) in [6.07, 6.45) is 2.12. The standard InChI is InChI=1S/C14H22BrNO/c1-9(2)5-6-13(16)11-8-12(15)10(3)7-14(11)17-4/h7-9,13H,5-6,16H2,1-4H3. The average molecular weight is 300 g/mol. The van der Waals surface area contributed by atoms with E-state index in [1.54, 1.807) is 7.11 Å². The summed E-state index contributed by atoms with van der Waals surface area (Å²) < 4.78 is 6.50. The first kappa shape index (κ1) is 14.5. The van der Waals surface area contributed by atoms with Crippen molar-refractivity contribution in [3.63, 3.8) is 0 Å². The first-order chi connectivity index (χ1) is 7.95. The molecule has 2 nitrogen and oxygen atoms in total. The van der Waals surface area contributed by atoms with E-state index < -0.39 is 0 Å². The monoisotopic (exact) mass is 299 g/mol. The first-order valence-corrected chi connectivity index (χ1v) is 6.84.